The molecule has 1 aromatic rings. The minimum atomic E-state index is -0.924. The number of aliphatic hydroxyl groups excluding tert-OH is 1. The van der Waals surface area contributed by atoms with E-state index in [0.29, 0.717) is 0 Å². The Morgan fingerprint density at radius 3 is 2.73 bits per heavy atom. The maximum atomic E-state index is 10.2. The summed E-state index contributed by atoms with van der Waals surface area (Å²) in [5, 5.41) is 20.8. The van der Waals surface area contributed by atoms with Gasteiger partial charge in [0.25, 0.3) is 0 Å². The molecule has 0 aliphatic carbocycles. The van der Waals surface area contributed by atoms with Crippen LogP contribution in [0.1, 0.15) is 17.2 Å². The highest BCUT2D eigenvalue weighted by Gasteiger charge is 2.09. The molecule has 4 nitrogen and oxygen atoms in total. The summed E-state index contributed by atoms with van der Waals surface area (Å²) in [6.07, 6.45) is -0.662. The summed E-state index contributed by atoms with van der Waals surface area (Å²) in [4.78, 5) is 10.2. The van der Waals surface area contributed by atoms with Crippen molar-refractivity contribution in [2.45, 2.75) is 13.0 Å². The van der Waals surface area contributed by atoms with Crippen molar-refractivity contribution in [3.05, 3.63) is 35.4 Å². The Morgan fingerprint density at radius 1 is 1.47 bits per heavy atom. The van der Waals surface area contributed by atoms with E-state index < -0.39 is 12.1 Å². The second-order valence-corrected chi connectivity index (χ2v) is 3.40. The van der Waals surface area contributed by atoms with Crippen LogP contribution in [0.15, 0.2) is 24.3 Å². The molecule has 0 aliphatic rings. The van der Waals surface area contributed by atoms with E-state index in [0.717, 1.165) is 11.1 Å². The molecule has 0 saturated carbocycles. The van der Waals surface area contributed by atoms with Crippen molar-refractivity contribution in [3.8, 4) is 0 Å². The van der Waals surface area contributed by atoms with Gasteiger partial charge in [0, 0.05) is 6.54 Å². The SMILES string of the molecule is Cc1ccccc1C(O)CNCC(=O)O. The van der Waals surface area contributed by atoms with Crippen molar-refractivity contribution in [3.63, 3.8) is 0 Å². The Kier molecular flexibility index (Phi) is 4.27. The molecule has 0 amide bonds. The number of carboxylic acids is 1. The van der Waals surface area contributed by atoms with Gasteiger partial charge in [-0.1, -0.05) is 24.3 Å². The van der Waals surface area contributed by atoms with Gasteiger partial charge in [0.05, 0.1) is 12.6 Å². The summed E-state index contributed by atoms with van der Waals surface area (Å²) < 4.78 is 0. The zero-order valence-corrected chi connectivity index (χ0v) is 8.60. The van der Waals surface area contributed by atoms with Gasteiger partial charge >= 0.3 is 5.97 Å². The fourth-order valence-electron chi connectivity index (χ4n) is 1.39. The molecule has 4 heteroatoms. The van der Waals surface area contributed by atoms with Crippen molar-refractivity contribution < 1.29 is 15.0 Å². The molecule has 0 aliphatic heterocycles. The van der Waals surface area contributed by atoms with Crippen LogP contribution < -0.4 is 5.32 Å². The van der Waals surface area contributed by atoms with Gasteiger partial charge in [0.2, 0.25) is 0 Å². The lowest BCUT2D eigenvalue weighted by Crippen LogP contribution is -2.27. The second kappa shape index (κ2) is 5.48. The predicted octanol–water partition coefficient (Wildman–Crippen LogP) is 0.703. The molecular weight excluding hydrogens is 194 g/mol. The first-order chi connectivity index (χ1) is 7.11. The number of aliphatic carboxylic acids is 1. The van der Waals surface area contributed by atoms with Gasteiger partial charge in [-0.05, 0) is 18.1 Å². The van der Waals surface area contributed by atoms with Gasteiger partial charge in [0.1, 0.15) is 0 Å². The number of carbonyl (C=O) groups is 1. The van der Waals surface area contributed by atoms with E-state index in [1.807, 2.05) is 31.2 Å². The van der Waals surface area contributed by atoms with Crippen LogP contribution in [0, 0.1) is 6.92 Å². The lowest BCUT2D eigenvalue weighted by Gasteiger charge is -2.13. The number of nitrogens with one attached hydrogen (secondary N) is 1. The maximum absolute atomic E-state index is 10.2. The first-order valence-corrected chi connectivity index (χ1v) is 4.77. The van der Waals surface area contributed by atoms with Crippen LogP contribution in [0.25, 0.3) is 0 Å². The normalized spacial score (nSPS) is 12.4. The zero-order chi connectivity index (χ0) is 11.3. The monoisotopic (exact) mass is 209 g/mol. The van der Waals surface area contributed by atoms with E-state index in [9.17, 15) is 9.90 Å². The third-order valence-electron chi connectivity index (χ3n) is 2.16. The molecule has 0 fully saturated rings. The van der Waals surface area contributed by atoms with Crippen LogP contribution in [0.2, 0.25) is 0 Å². The molecule has 0 bridgehead atoms. The van der Waals surface area contributed by atoms with Crippen LogP contribution in [0.5, 0.6) is 0 Å². The van der Waals surface area contributed by atoms with Gasteiger partial charge in [-0.2, -0.15) is 0 Å². The average Bonchev–Trinajstić information content (AvgIpc) is 2.17. The molecule has 0 radical (unpaired) electrons. The van der Waals surface area contributed by atoms with Crippen LogP contribution in [-0.4, -0.2) is 29.3 Å². The predicted molar refractivity (Wildman–Crippen MR) is 56.6 cm³/mol. The van der Waals surface area contributed by atoms with Crippen LogP contribution in [0.4, 0.5) is 0 Å². The molecular formula is C11H15NO3. The molecule has 15 heavy (non-hydrogen) atoms. The molecule has 1 aromatic carbocycles. The molecule has 0 aromatic heterocycles. The number of benzene rings is 1. The first kappa shape index (κ1) is 11.7. The Morgan fingerprint density at radius 2 is 2.13 bits per heavy atom. The minimum absolute atomic E-state index is 0.136. The van der Waals surface area contributed by atoms with Crippen molar-refractivity contribution in [2.75, 3.05) is 13.1 Å². The Bertz CT molecular complexity index is 338. The molecule has 0 saturated heterocycles. The lowest BCUT2D eigenvalue weighted by molar-refractivity contribution is -0.136. The Hall–Kier alpha value is -1.39. The second-order valence-electron chi connectivity index (χ2n) is 3.40. The average molecular weight is 209 g/mol. The molecule has 0 spiro atoms. The highest BCUT2D eigenvalue weighted by atomic mass is 16.4. The zero-order valence-electron chi connectivity index (χ0n) is 8.60. The van der Waals surface area contributed by atoms with Gasteiger partial charge in [-0.15, -0.1) is 0 Å². The molecule has 1 atom stereocenters. The highest BCUT2D eigenvalue weighted by molar-refractivity contribution is 5.68. The topological polar surface area (TPSA) is 69.6 Å². The molecule has 0 heterocycles. The fourth-order valence-corrected chi connectivity index (χ4v) is 1.39. The summed E-state index contributed by atoms with van der Waals surface area (Å²) in [6.45, 7) is 2.02. The molecule has 3 N–H and O–H groups in total. The number of aryl methyl sites for hydroxylation is 1. The van der Waals surface area contributed by atoms with Crippen LogP contribution in [-0.2, 0) is 4.79 Å². The highest BCUT2D eigenvalue weighted by Crippen LogP contribution is 2.15. The van der Waals surface area contributed by atoms with Gasteiger partial charge in [-0.3, -0.25) is 4.79 Å². The van der Waals surface area contributed by atoms with E-state index in [1.54, 1.807) is 0 Å². The third kappa shape index (κ3) is 3.69. The quantitative estimate of drug-likeness (QED) is 0.667. The van der Waals surface area contributed by atoms with E-state index in [-0.39, 0.29) is 13.1 Å². The number of carboxylic acid groups (broad SMARTS) is 1. The standard InChI is InChI=1S/C11H15NO3/c1-8-4-2-3-5-9(8)10(13)6-12-7-11(14)15/h2-5,10,12-13H,6-7H2,1H3,(H,14,15). The van der Waals surface area contributed by atoms with Crippen molar-refractivity contribution in [2.24, 2.45) is 0 Å². The molecule has 1 rings (SSSR count). The maximum Gasteiger partial charge on any atom is 0.317 e. The number of rotatable bonds is 5. The largest absolute Gasteiger partial charge is 0.480 e. The summed E-state index contributed by atoms with van der Waals surface area (Å²) in [5.74, 6) is -0.924. The van der Waals surface area contributed by atoms with Gasteiger partial charge < -0.3 is 15.5 Å². The lowest BCUT2D eigenvalue weighted by atomic mass is 10.0. The molecule has 82 valence electrons. The van der Waals surface area contributed by atoms with Crippen molar-refractivity contribution in [1.29, 1.82) is 0 Å². The van der Waals surface area contributed by atoms with E-state index in [4.69, 9.17) is 5.11 Å². The number of hydrogen-bond acceptors (Lipinski definition) is 3. The van der Waals surface area contributed by atoms with Crippen LogP contribution in [0.3, 0.4) is 0 Å². The van der Waals surface area contributed by atoms with E-state index in [1.165, 1.54) is 0 Å². The van der Waals surface area contributed by atoms with E-state index >= 15 is 0 Å². The summed E-state index contributed by atoms with van der Waals surface area (Å²) >= 11 is 0. The summed E-state index contributed by atoms with van der Waals surface area (Å²) in [6, 6.07) is 7.50. The van der Waals surface area contributed by atoms with Crippen LogP contribution >= 0.6 is 0 Å². The van der Waals surface area contributed by atoms with E-state index in [2.05, 4.69) is 5.32 Å². The number of aliphatic hydroxyl groups is 1. The smallest absolute Gasteiger partial charge is 0.317 e. The third-order valence-corrected chi connectivity index (χ3v) is 2.16. The summed E-state index contributed by atoms with van der Waals surface area (Å²) in [7, 11) is 0. The minimum Gasteiger partial charge on any atom is -0.480 e. The van der Waals surface area contributed by atoms with Gasteiger partial charge in [0.15, 0.2) is 0 Å². The number of hydrogen-bond donors (Lipinski definition) is 3. The molecule has 1 unspecified atom stereocenters. The fraction of sp³-hybridized carbons (Fsp3) is 0.364. The van der Waals surface area contributed by atoms with Gasteiger partial charge in [-0.25, -0.2) is 0 Å². The summed E-state index contributed by atoms with van der Waals surface area (Å²) in [5.41, 5.74) is 1.83. The van der Waals surface area contributed by atoms with Crippen molar-refractivity contribution in [1.82, 2.24) is 5.32 Å². The first-order valence-electron chi connectivity index (χ1n) is 4.77. The Balaban J connectivity index is 2.50. The van der Waals surface area contributed by atoms with Crippen molar-refractivity contribution >= 4 is 5.97 Å². The Labute approximate surface area is 88.6 Å².